The Morgan fingerprint density at radius 3 is 2.59 bits per heavy atom. The summed E-state index contributed by atoms with van der Waals surface area (Å²) in [5, 5.41) is 15.1. The summed E-state index contributed by atoms with van der Waals surface area (Å²) in [4.78, 5) is 11.1. The highest BCUT2D eigenvalue weighted by Crippen LogP contribution is 2.03. The van der Waals surface area contributed by atoms with E-state index < -0.39 is 12.0 Å². The van der Waals surface area contributed by atoms with Crippen LogP contribution in [0.1, 0.15) is 12.5 Å². The summed E-state index contributed by atoms with van der Waals surface area (Å²) in [6, 6.07) is 8.76. The molecule has 17 heavy (non-hydrogen) atoms. The van der Waals surface area contributed by atoms with E-state index in [-0.39, 0.29) is 0 Å². The number of aliphatic carboxylic acids is 1. The highest BCUT2D eigenvalue weighted by molar-refractivity contribution is 7.80. The normalized spacial score (nSPS) is 11.6. The van der Waals surface area contributed by atoms with Gasteiger partial charge in [0.25, 0.3) is 0 Å². The number of thiocarbonyl (C=S) groups is 1. The molecule has 0 amide bonds. The molecular weight excluding hydrogens is 236 g/mol. The summed E-state index contributed by atoms with van der Waals surface area (Å²) < 4.78 is 0. The largest absolute Gasteiger partial charge is 0.480 e. The monoisotopic (exact) mass is 252 g/mol. The maximum absolute atomic E-state index is 11.1. The zero-order chi connectivity index (χ0) is 12.7. The number of carboxylic acid groups (broad SMARTS) is 1. The third-order valence-corrected chi connectivity index (χ3v) is 2.49. The van der Waals surface area contributed by atoms with Crippen molar-refractivity contribution in [3.63, 3.8) is 0 Å². The van der Waals surface area contributed by atoms with Crippen LogP contribution in [0.15, 0.2) is 30.3 Å². The number of hydrogen-bond acceptors (Lipinski definition) is 2. The van der Waals surface area contributed by atoms with Crippen LogP contribution in [0.3, 0.4) is 0 Å². The molecule has 0 radical (unpaired) electrons. The van der Waals surface area contributed by atoms with Crippen molar-refractivity contribution in [2.24, 2.45) is 0 Å². The third kappa shape index (κ3) is 4.82. The Kier molecular flexibility index (Phi) is 5.42. The average molecular weight is 252 g/mol. The Balaban J connectivity index is 2.61. The lowest BCUT2D eigenvalue weighted by Gasteiger charge is -2.16. The first kappa shape index (κ1) is 13.4. The Bertz CT molecular complexity index is 381. The van der Waals surface area contributed by atoms with Gasteiger partial charge in [-0.2, -0.15) is 0 Å². The van der Waals surface area contributed by atoms with Gasteiger partial charge in [-0.25, -0.2) is 4.79 Å². The summed E-state index contributed by atoms with van der Waals surface area (Å²) in [7, 11) is 0. The van der Waals surface area contributed by atoms with Crippen molar-refractivity contribution in [2.75, 3.05) is 6.54 Å². The summed E-state index contributed by atoms with van der Waals surface area (Å²) in [5.41, 5.74) is 0.965. The number of hydrogen-bond donors (Lipinski definition) is 3. The SMILES string of the molecule is CCNC(=S)N[C@@H](Cc1ccccc1)C(=O)O. The summed E-state index contributed by atoms with van der Waals surface area (Å²) in [6.07, 6.45) is 0.404. The van der Waals surface area contributed by atoms with Crippen LogP contribution in [-0.4, -0.2) is 28.8 Å². The van der Waals surface area contributed by atoms with E-state index in [9.17, 15) is 4.79 Å². The van der Waals surface area contributed by atoms with Gasteiger partial charge in [0.2, 0.25) is 0 Å². The fourth-order valence-corrected chi connectivity index (χ4v) is 1.71. The van der Waals surface area contributed by atoms with E-state index in [4.69, 9.17) is 17.3 Å². The van der Waals surface area contributed by atoms with Gasteiger partial charge in [-0.15, -0.1) is 0 Å². The molecule has 0 bridgehead atoms. The number of benzene rings is 1. The van der Waals surface area contributed by atoms with Crippen LogP contribution in [0, 0.1) is 0 Å². The predicted molar refractivity (Wildman–Crippen MR) is 71.0 cm³/mol. The average Bonchev–Trinajstić information content (AvgIpc) is 2.29. The number of carboxylic acids is 1. The van der Waals surface area contributed by atoms with Crippen molar-refractivity contribution < 1.29 is 9.90 Å². The molecule has 0 spiro atoms. The van der Waals surface area contributed by atoms with Crippen LogP contribution in [0.25, 0.3) is 0 Å². The molecule has 1 rings (SSSR count). The van der Waals surface area contributed by atoms with E-state index >= 15 is 0 Å². The van der Waals surface area contributed by atoms with Gasteiger partial charge in [0.15, 0.2) is 5.11 Å². The van der Waals surface area contributed by atoms with E-state index in [1.807, 2.05) is 37.3 Å². The van der Waals surface area contributed by atoms with Gasteiger partial charge >= 0.3 is 5.97 Å². The molecule has 0 saturated heterocycles. The van der Waals surface area contributed by atoms with Crippen molar-refractivity contribution in [3.05, 3.63) is 35.9 Å². The van der Waals surface area contributed by atoms with E-state index in [1.165, 1.54) is 0 Å². The lowest BCUT2D eigenvalue weighted by molar-refractivity contribution is -0.139. The van der Waals surface area contributed by atoms with E-state index in [0.29, 0.717) is 18.1 Å². The molecule has 0 aliphatic carbocycles. The first-order valence-electron chi connectivity index (χ1n) is 5.44. The lowest BCUT2D eigenvalue weighted by atomic mass is 10.1. The van der Waals surface area contributed by atoms with Crippen LogP contribution >= 0.6 is 12.2 Å². The van der Waals surface area contributed by atoms with Crippen LogP contribution in [0.4, 0.5) is 0 Å². The van der Waals surface area contributed by atoms with Gasteiger partial charge in [-0.05, 0) is 24.7 Å². The van der Waals surface area contributed by atoms with Crippen molar-refractivity contribution in [2.45, 2.75) is 19.4 Å². The fourth-order valence-electron chi connectivity index (χ4n) is 1.42. The molecule has 0 aliphatic rings. The van der Waals surface area contributed by atoms with Gasteiger partial charge in [0.05, 0.1) is 0 Å². The molecule has 0 saturated carbocycles. The fraction of sp³-hybridized carbons (Fsp3) is 0.333. The molecule has 0 heterocycles. The maximum atomic E-state index is 11.1. The second-order valence-corrected chi connectivity index (χ2v) is 3.99. The van der Waals surface area contributed by atoms with E-state index in [1.54, 1.807) is 0 Å². The molecule has 3 N–H and O–H groups in total. The predicted octanol–water partition coefficient (Wildman–Crippen LogP) is 1.17. The molecule has 0 fully saturated rings. The molecular formula is C12H16N2O2S. The van der Waals surface area contributed by atoms with Gasteiger partial charge in [-0.3, -0.25) is 0 Å². The Labute approximate surface area is 106 Å². The highest BCUT2D eigenvalue weighted by atomic mass is 32.1. The van der Waals surface area contributed by atoms with E-state index in [0.717, 1.165) is 5.56 Å². The zero-order valence-corrected chi connectivity index (χ0v) is 10.5. The van der Waals surface area contributed by atoms with Crippen LogP contribution in [0.2, 0.25) is 0 Å². The molecule has 5 heteroatoms. The summed E-state index contributed by atoms with van der Waals surface area (Å²) in [5.74, 6) is -0.908. The minimum atomic E-state index is -0.908. The second kappa shape index (κ2) is 6.85. The topological polar surface area (TPSA) is 61.4 Å². The highest BCUT2D eigenvalue weighted by Gasteiger charge is 2.18. The first-order chi connectivity index (χ1) is 8.13. The van der Waals surface area contributed by atoms with Crippen LogP contribution in [0.5, 0.6) is 0 Å². The smallest absolute Gasteiger partial charge is 0.326 e. The molecule has 0 aliphatic heterocycles. The van der Waals surface area contributed by atoms with Crippen LogP contribution in [-0.2, 0) is 11.2 Å². The second-order valence-electron chi connectivity index (χ2n) is 3.58. The Hall–Kier alpha value is -1.62. The molecule has 4 nitrogen and oxygen atoms in total. The summed E-state index contributed by atoms with van der Waals surface area (Å²) in [6.45, 7) is 2.57. The minimum absolute atomic E-state index is 0.371. The zero-order valence-electron chi connectivity index (χ0n) is 9.64. The third-order valence-electron chi connectivity index (χ3n) is 2.22. The van der Waals surface area contributed by atoms with Gasteiger partial charge < -0.3 is 15.7 Å². The molecule has 1 aromatic rings. The molecule has 92 valence electrons. The van der Waals surface area contributed by atoms with Crippen molar-refractivity contribution in [1.29, 1.82) is 0 Å². The minimum Gasteiger partial charge on any atom is -0.480 e. The van der Waals surface area contributed by atoms with Crippen molar-refractivity contribution in [3.8, 4) is 0 Å². The molecule has 0 unspecified atom stereocenters. The maximum Gasteiger partial charge on any atom is 0.326 e. The van der Waals surface area contributed by atoms with Crippen molar-refractivity contribution >= 4 is 23.3 Å². The summed E-state index contributed by atoms with van der Waals surface area (Å²) >= 11 is 4.98. The van der Waals surface area contributed by atoms with Crippen molar-refractivity contribution in [1.82, 2.24) is 10.6 Å². The number of rotatable bonds is 5. The Morgan fingerprint density at radius 1 is 1.41 bits per heavy atom. The van der Waals surface area contributed by atoms with Crippen LogP contribution < -0.4 is 10.6 Å². The molecule has 1 aromatic carbocycles. The van der Waals surface area contributed by atoms with Gasteiger partial charge in [0, 0.05) is 13.0 Å². The Morgan fingerprint density at radius 2 is 2.06 bits per heavy atom. The number of carbonyl (C=O) groups is 1. The molecule has 1 atom stereocenters. The van der Waals surface area contributed by atoms with Gasteiger partial charge in [0.1, 0.15) is 6.04 Å². The quantitative estimate of drug-likeness (QED) is 0.687. The van der Waals surface area contributed by atoms with E-state index in [2.05, 4.69) is 10.6 Å². The van der Waals surface area contributed by atoms with Gasteiger partial charge in [-0.1, -0.05) is 30.3 Å². The lowest BCUT2D eigenvalue weighted by Crippen LogP contribution is -2.46. The first-order valence-corrected chi connectivity index (χ1v) is 5.85. The molecule has 0 aromatic heterocycles. The number of nitrogens with one attached hydrogen (secondary N) is 2. The standard InChI is InChI=1S/C12H16N2O2S/c1-2-13-12(17)14-10(11(15)16)8-9-6-4-3-5-7-9/h3-7,10H,2,8H2,1H3,(H,15,16)(H2,13,14,17)/t10-/m0/s1.